The van der Waals surface area contributed by atoms with Gasteiger partial charge in [0.25, 0.3) is 0 Å². The third-order valence-electron chi connectivity index (χ3n) is 0.771. The number of rotatable bonds is 2. The van der Waals surface area contributed by atoms with E-state index in [9.17, 15) is 4.39 Å². The SMILES string of the molecule is C=C/C(F)=C\C=C(C)C.CC. The highest BCUT2D eigenvalue weighted by atomic mass is 19.1. The molecule has 0 aromatic carbocycles. The lowest BCUT2D eigenvalue weighted by molar-refractivity contribution is 0.667. The van der Waals surface area contributed by atoms with Crippen LogP contribution in [0.4, 0.5) is 4.39 Å². The Morgan fingerprint density at radius 2 is 1.64 bits per heavy atom. The van der Waals surface area contributed by atoms with E-state index in [-0.39, 0.29) is 5.83 Å². The van der Waals surface area contributed by atoms with Gasteiger partial charge in [-0.3, -0.25) is 0 Å². The van der Waals surface area contributed by atoms with Crippen molar-refractivity contribution in [1.82, 2.24) is 0 Å². The minimum absolute atomic E-state index is 0.295. The molecule has 0 aromatic heterocycles. The lowest BCUT2D eigenvalue weighted by Crippen LogP contribution is -1.63. The van der Waals surface area contributed by atoms with Gasteiger partial charge >= 0.3 is 0 Å². The molecule has 0 N–H and O–H groups in total. The summed E-state index contributed by atoms with van der Waals surface area (Å²) in [6.45, 7) is 11.1. The van der Waals surface area contributed by atoms with Crippen molar-refractivity contribution in [3.05, 3.63) is 36.2 Å². The van der Waals surface area contributed by atoms with E-state index in [0.717, 1.165) is 5.57 Å². The minimum atomic E-state index is -0.295. The minimum Gasteiger partial charge on any atom is -0.207 e. The summed E-state index contributed by atoms with van der Waals surface area (Å²) in [5, 5.41) is 0. The van der Waals surface area contributed by atoms with Gasteiger partial charge in [-0.1, -0.05) is 32.1 Å². The van der Waals surface area contributed by atoms with Crippen molar-refractivity contribution in [2.75, 3.05) is 0 Å². The molecule has 0 radical (unpaired) electrons. The predicted octanol–water partition coefficient (Wildman–Crippen LogP) is 4.02. The molecule has 0 amide bonds. The number of allylic oxidation sites excluding steroid dienone is 5. The van der Waals surface area contributed by atoms with E-state index in [2.05, 4.69) is 6.58 Å². The molecule has 0 nitrogen and oxygen atoms in total. The summed E-state index contributed by atoms with van der Waals surface area (Å²) < 4.78 is 12.2. The van der Waals surface area contributed by atoms with Crippen LogP contribution in [-0.4, -0.2) is 0 Å². The largest absolute Gasteiger partial charge is 0.207 e. The molecule has 64 valence electrons. The fourth-order valence-electron chi connectivity index (χ4n) is 0.314. The van der Waals surface area contributed by atoms with Gasteiger partial charge in [0.2, 0.25) is 0 Å². The molecular formula is C10H17F. The first-order valence-corrected chi connectivity index (χ1v) is 3.80. The highest BCUT2D eigenvalue weighted by Gasteiger charge is 1.79. The van der Waals surface area contributed by atoms with Gasteiger partial charge in [-0.15, -0.1) is 0 Å². The van der Waals surface area contributed by atoms with E-state index in [1.54, 1.807) is 6.08 Å². The molecule has 1 heteroatoms. The lowest BCUT2D eigenvalue weighted by Gasteiger charge is -1.82. The van der Waals surface area contributed by atoms with E-state index < -0.39 is 0 Å². The fourth-order valence-corrected chi connectivity index (χ4v) is 0.314. The summed E-state index contributed by atoms with van der Waals surface area (Å²) in [6, 6.07) is 0. The topological polar surface area (TPSA) is 0 Å². The zero-order valence-electron chi connectivity index (χ0n) is 7.82. The average Bonchev–Trinajstić information content (AvgIpc) is 2.04. The van der Waals surface area contributed by atoms with Gasteiger partial charge in [-0.05, 0) is 26.0 Å². The van der Waals surface area contributed by atoms with Crippen LogP contribution in [0.15, 0.2) is 36.2 Å². The maximum absolute atomic E-state index is 12.2. The molecule has 0 aliphatic carbocycles. The second kappa shape index (κ2) is 9.15. The van der Waals surface area contributed by atoms with Crippen molar-refractivity contribution < 1.29 is 4.39 Å². The van der Waals surface area contributed by atoms with E-state index >= 15 is 0 Å². The molecule has 0 bridgehead atoms. The van der Waals surface area contributed by atoms with Crippen molar-refractivity contribution in [3.8, 4) is 0 Å². The van der Waals surface area contributed by atoms with Gasteiger partial charge in [0.1, 0.15) is 5.83 Å². The highest BCUT2D eigenvalue weighted by molar-refractivity contribution is 5.17. The van der Waals surface area contributed by atoms with Gasteiger partial charge < -0.3 is 0 Å². The van der Waals surface area contributed by atoms with E-state index in [1.807, 2.05) is 27.7 Å². The third kappa shape index (κ3) is 12.4. The Labute approximate surface area is 69.1 Å². The van der Waals surface area contributed by atoms with Crippen LogP contribution >= 0.6 is 0 Å². The normalized spacial score (nSPS) is 9.36. The summed E-state index contributed by atoms with van der Waals surface area (Å²) in [5.41, 5.74) is 1.08. The molecule has 11 heavy (non-hydrogen) atoms. The molecule has 0 fully saturated rings. The van der Waals surface area contributed by atoms with Crippen molar-refractivity contribution in [2.45, 2.75) is 27.7 Å². The lowest BCUT2D eigenvalue weighted by atomic mass is 10.3. The van der Waals surface area contributed by atoms with E-state index in [1.165, 1.54) is 12.2 Å². The molecule has 0 rings (SSSR count). The molecule has 0 heterocycles. The summed E-state index contributed by atoms with van der Waals surface area (Å²) in [4.78, 5) is 0. The van der Waals surface area contributed by atoms with Crippen LogP contribution in [-0.2, 0) is 0 Å². The van der Waals surface area contributed by atoms with Crippen LogP contribution in [0, 0.1) is 0 Å². The van der Waals surface area contributed by atoms with Crippen molar-refractivity contribution in [3.63, 3.8) is 0 Å². The Morgan fingerprint density at radius 1 is 1.18 bits per heavy atom. The van der Waals surface area contributed by atoms with Crippen LogP contribution in [0.1, 0.15) is 27.7 Å². The van der Waals surface area contributed by atoms with Crippen molar-refractivity contribution in [2.24, 2.45) is 0 Å². The predicted molar refractivity (Wildman–Crippen MR) is 50.2 cm³/mol. The number of hydrogen-bond acceptors (Lipinski definition) is 0. The summed E-state index contributed by atoms with van der Waals surface area (Å²) in [7, 11) is 0. The standard InChI is InChI=1S/C8H11F.C2H6/c1-4-8(9)6-5-7(2)3;1-2/h4-6H,1H2,2-3H3;1-2H3/b8-6+;. The smallest absolute Gasteiger partial charge is 0.122 e. The van der Waals surface area contributed by atoms with Crippen LogP contribution in [0.3, 0.4) is 0 Å². The summed E-state index contributed by atoms with van der Waals surface area (Å²) in [5.74, 6) is -0.295. The van der Waals surface area contributed by atoms with Gasteiger partial charge in [0, 0.05) is 0 Å². The second-order valence-electron chi connectivity index (χ2n) is 2.00. The monoisotopic (exact) mass is 156 g/mol. The summed E-state index contributed by atoms with van der Waals surface area (Å²) >= 11 is 0. The number of hydrogen-bond donors (Lipinski definition) is 0. The van der Waals surface area contributed by atoms with E-state index in [0.29, 0.717) is 0 Å². The Morgan fingerprint density at radius 3 is 1.91 bits per heavy atom. The van der Waals surface area contributed by atoms with Gasteiger partial charge in [0.15, 0.2) is 0 Å². The quantitative estimate of drug-likeness (QED) is 0.530. The first-order chi connectivity index (χ1) is 5.16. The maximum atomic E-state index is 12.2. The third-order valence-corrected chi connectivity index (χ3v) is 0.771. The first-order valence-electron chi connectivity index (χ1n) is 3.80. The van der Waals surface area contributed by atoms with Crippen molar-refractivity contribution in [1.29, 1.82) is 0 Å². The molecule has 0 spiro atoms. The van der Waals surface area contributed by atoms with Crippen molar-refractivity contribution >= 4 is 0 Å². The Balaban J connectivity index is 0. The van der Waals surface area contributed by atoms with Gasteiger partial charge in [-0.25, -0.2) is 4.39 Å². The van der Waals surface area contributed by atoms with Gasteiger partial charge in [0.05, 0.1) is 0 Å². The molecule has 0 saturated carbocycles. The van der Waals surface area contributed by atoms with Crippen LogP contribution in [0.5, 0.6) is 0 Å². The maximum Gasteiger partial charge on any atom is 0.122 e. The molecular weight excluding hydrogens is 139 g/mol. The molecule has 0 unspecified atom stereocenters. The molecule has 0 aliphatic heterocycles. The fraction of sp³-hybridized carbons (Fsp3) is 0.400. The Kier molecular flexibility index (Phi) is 10.6. The Hall–Kier alpha value is -0.850. The zero-order valence-corrected chi connectivity index (χ0v) is 7.82. The van der Waals surface area contributed by atoms with Crippen LogP contribution in [0.25, 0.3) is 0 Å². The number of halogens is 1. The summed E-state index contributed by atoms with van der Waals surface area (Å²) in [6.07, 6.45) is 4.28. The molecule has 0 saturated heterocycles. The first kappa shape index (κ1) is 12.8. The zero-order chi connectivity index (χ0) is 9.28. The molecule has 0 aliphatic rings. The highest BCUT2D eigenvalue weighted by Crippen LogP contribution is 1.98. The average molecular weight is 156 g/mol. The van der Waals surface area contributed by atoms with Gasteiger partial charge in [-0.2, -0.15) is 0 Å². The van der Waals surface area contributed by atoms with E-state index in [4.69, 9.17) is 0 Å². The van der Waals surface area contributed by atoms with Crippen LogP contribution in [0.2, 0.25) is 0 Å². The molecule has 0 atom stereocenters. The molecule has 0 aromatic rings. The second-order valence-corrected chi connectivity index (χ2v) is 2.00. The Bertz CT molecular complexity index is 148. The van der Waals surface area contributed by atoms with Crippen LogP contribution < -0.4 is 0 Å².